The first-order chi connectivity index (χ1) is 37.3. The van der Waals surface area contributed by atoms with Gasteiger partial charge in [-0.15, -0.1) is 19.3 Å². The fourth-order valence-corrected chi connectivity index (χ4v) is 7.96. The summed E-state index contributed by atoms with van der Waals surface area (Å²) in [6.07, 6.45) is 12.3. The number of amides is 1. The predicted octanol–water partition coefficient (Wildman–Crippen LogP) is -1.13. The smallest absolute Gasteiger partial charge is 0.256 e. The topological polar surface area (TPSA) is 466 Å². The zero-order valence-electron chi connectivity index (χ0n) is 42.0. The van der Waals surface area contributed by atoms with Gasteiger partial charge in [0.25, 0.3) is 5.91 Å². The standard InChI is InChI=1S/C20H19N5O5.C13H15N5O4.C10H13N5O4.C3H3Br.CH3B.2CH4.H3N.H2O/c1-2-8-29-16-15(27)13(9-26)30-20(16)25-11-23-14-17(21-10-22-18(14)25)24-19(28)12-6-4-3-5-7-12;1-2-3-21-10-9(20)7(4-19)22-13(10)18-6-17-8-11(14)15-5-16-12(8)18;11-8-5-9(13-2-12-8)15(3-14-5)10-7(18)6(17)4(1-16)19-10;1-2-3-4;1-2;;;;/h1,3-7,10-11,13,15-16,20,26-27H,8-9H2,(H,21,22,24,28);1,5-7,9-10,13,19-20H,3-4H2,(H2,14,15,16);2-4,6-7,10,16-18H,1H2,(H2,11,12,13);1H,3H2;1H3;2*1H4;1H3;1H2/t13-,15?,16+,20-;7-,9?,10+,13-;4-,6?,7+,10-;;;;;;/m111....../s1. The molecule has 3 aliphatic rings. The van der Waals surface area contributed by atoms with Crippen LogP contribution in [-0.2, 0) is 23.7 Å². The molecule has 9 heterocycles. The zero-order valence-corrected chi connectivity index (χ0v) is 43.6. The average Bonchev–Trinajstić information content (AvgIpc) is 4.45. The lowest BCUT2D eigenvalue weighted by Crippen LogP contribution is -2.35. The molecule has 436 valence electrons. The van der Waals surface area contributed by atoms with Gasteiger partial charge in [-0.25, -0.2) is 44.9 Å². The molecular weight excluding hydrogens is 1130 g/mol. The van der Waals surface area contributed by atoms with E-state index in [0.717, 1.165) is 0 Å². The number of nitrogens with zero attached hydrogens (tertiary/aromatic N) is 12. The average molecular weight is 1190 g/mol. The monoisotopic (exact) mass is 1190 g/mol. The number of rotatable bonds is 12. The van der Waals surface area contributed by atoms with Gasteiger partial charge in [0.15, 0.2) is 58.6 Å². The van der Waals surface area contributed by atoms with E-state index >= 15 is 0 Å². The molecule has 1 amide bonds. The summed E-state index contributed by atoms with van der Waals surface area (Å²) >= 11 is 3.01. The van der Waals surface area contributed by atoms with Gasteiger partial charge in [-0.3, -0.25) is 18.5 Å². The Morgan fingerprint density at radius 2 is 1.01 bits per heavy atom. The van der Waals surface area contributed by atoms with Crippen molar-refractivity contribution in [3.8, 4) is 37.0 Å². The molecule has 0 spiro atoms. The molecule has 10 rings (SSSR count). The zero-order chi connectivity index (χ0) is 55.8. The Hall–Kier alpha value is -7.40. The summed E-state index contributed by atoms with van der Waals surface area (Å²) in [5.41, 5.74) is 14.2. The summed E-state index contributed by atoms with van der Waals surface area (Å²) in [5.74, 6) is 7.38. The highest BCUT2D eigenvalue weighted by Crippen LogP contribution is 2.36. The van der Waals surface area contributed by atoms with E-state index in [1.54, 1.807) is 33.4 Å². The first-order valence-electron chi connectivity index (χ1n) is 22.9. The Morgan fingerprint density at radius 3 is 1.42 bits per heavy atom. The molecule has 7 aromatic rings. The number of hydrogen-bond acceptors (Lipinski definition) is 25. The van der Waals surface area contributed by atoms with Gasteiger partial charge in [-0.2, -0.15) is 0 Å². The summed E-state index contributed by atoms with van der Waals surface area (Å²) in [6.45, 7) is 0.326. The minimum Gasteiger partial charge on any atom is -0.412 e. The second-order valence-corrected chi connectivity index (χ2v) is 16.6. The van der Waals surface area contributed by atoms with Gasteiger partial charge in [0.05, 0.1) is 52.0 Å². The fourth-order valence-electron chi connectivity index (χ4n) is 7.96. The second kappa shape index (κ2) is 33.4. The van der Waals surface area contributed by atoms with Gasteiger partial charge in [0, 0.05) is 5.56 Å². The van der Waals surface area contributed by atoms with Crippen molar-refractivity contribution < 1.29 is 69.7 Å². The highest BCUT2D eigenvalue weighted by Gasteiger charge is 2.48. The van der Waals surface area contributed by atoms with Crippen LogP contribution in [0.5, 0.6) is 0 Å². The molecule has 32 heteroatoms. The Bertz CT molecular complexity index is 3160. The van der Waals surface area contributed by atoms with Crippen LogP contribution in [0.1, 0.15) is 43.9 Å². The fraction of sp³-hybridized carbons (Fsp3) is 0.429. The van der Waals surface area contributed by atoms with Crippen LogP contribution in [0.25, 0.3) is 33.5 Å². The van der Waals surface area contributed by atoms with Gasteiger partial charge in [-0.1, -0.05) is 73.6 Å². The third-order valence-electron chi connectivity index (χ3n) is 11.5. The lowest BCUT2D eigenvalue weighted by Gasteiger charge is -2.21. The molecule has 0 aliphatic carbocycles. The van der Waals surface area contributed by atoms with E-state index in [2.05, 4.69) is 91.7 Å². The summed E-state index contributed by atoms with van der Waals surface area (Å²) in [6, 6.07) is 8.70. The largest absolute Gasteiger partial charge is 0.412 e. The van der Waals surface area contributed by atoms with Crippen LogP contribution in [0, 0.1) is 37.0 Å². The summed E-state index contributed by atoms with van der Waals surface area (Å²) in [5, 5.41) is 71.5. The van der Waals surface area contributed by atoms with Gasteiger partial charge >= 0.3 is 0 Å². The van der Waals surface area contributed by atoms with E-state index in [1.807, 2.05) is 6.07 Å². The number of ether oxygens (including phenoxy) is 5. The Labute approximate surface area is 474 Å². The second-order valence-electron chi connectivity index (χ2n) is 16.0. The normalized spacial score (nSPS) is 23.9. The highest BCUT2D eigenvalue weighted by atomic mass is 79.9. The van der Waals surface area contributed by atoms with Gasteiger partial charge in [-0.05, 0) is 12.1 Å². The van der Waals surface area contributed by atoms with E-state index in [1.165, 1.54) is 49.4 Å². The Kier molecular flexibility index (Phi) is 28.7. The molecule has 81 heavy (non-hydrogen) atoms. The number of hydrogen-bond donors (Lipinski definition) is 11. The molecule has 3 unspecified atom stereocenters. The lowest BCUT2D eigenvalue weighted by molar-refractivity contribution is -0.0636. The summed E-state index contributed by atoms with van der Waals surface area (Å²) < 4.78 is 32.4. The van der Waals surface area contributed by atoms with Crippen LogP contribution >= 0.6 is 15.9 Å². The number of fused-ring (bicyclic) bond motifs is 3. The molecule has 17 N–H and O–H groups in total. The van der Waals surface area contributed by atoms with Crippen molar-refractivity contribution in [1.82, 2.24) is 64.7 Å². The number of alkyl halides is 1. The first kappa shape index (κ1) is 69.7. The number of aliphatic hydroxyl groups is 7. The van der Waals surface area contributed by atoms with Crippen molar-refractivity contribution >= 4 is 80.6 Å². The molecule has 3 fully saturated rings. The number of carbonyl (C=O) groups is 1. The van der Waals surface area contributed by atoms with Gasteiger partial charge in [0.1, 0.15) is 98.2 Å². The van der Waals surface area contributed by atoms with Crippen LogP contribution in [0.4, 0.5) is 17.5 Å². The van der Waals surface area contributed by atoms with Crippen LogP contribution in [0.2, 0.25) is 6.82 Å². The number of nitrogen functional groups attached to an aromatic ring is 2. The Balaban J connectivity index is 0.000000395. The van der Waals surface area contributed by atoms with Crippen molar-refractivity contribution in [2.75, 3.05) is 55.1 Å². The molecular formula is C49H66BBrN16O14. The molecule has 0 saturated carbocycles. The van der Waals surface area contributed by atoms with E-state index in [-0.39, 0.29) is 69.7 Å². The number of carbonyl (C=O) groups excluding carboxylic acids is 1. The quantitative estimate of drug-likeness (QED) is 0.0392. The number of aromatic nitrogens is 12. The number of imidazole rings is 3. The van der Waals surface area contributed by atoms with E-state index in [9.17, 15) is 35.4 Å². The van der Waals surface area contributed by atoms with Crippen molar-refractivity contribution in [1.29, 1.82) is 0 Å². The van der Waals surface area contributed by atoms with E-state index < -0.39 is 86.8 Å². The number of aliphatic hydroxyl groups excluding tert-OH is 7. The van der Waals surface area contributed by atoms with Crippen LogP contribution in [-0.4, -0.2) is 207 Å². The van der Waals surface area contributed by atoms with Crippen molar-refractivity contribution in [3.05, 3.63) is 73.9 Å². The maximum absolute atomic E-state index is 12.5. The molecule has 30 nitrogen and oxygen atoms in total. The molecule has 6 aromatic heterocycles. The molecule has 12 atom stereocenters. The van der Waals surface area contributed by atoms with Crippen LogP contribution in [0.3, 0.4) is 0 Å². The highest BCUT2D eigenvalue weighted by molar-refractivity contribution is 9.09. The minimum absolute atomic E-state index is 0. The van der Waals surface area contributed by atoms with Gasteiger partial charge < -0.3 is 87.8 Å². The number of terminal acetylenes is 3. The summed E-state index contributed by atoms with van der Waals surface area (Å²) in [7, 11) is 4.50. The van der Waals surface area contributed by atoms with Gasteiger partial charge in [0.2, 0.25) is 0 Å². The van der Waals surface area contributed by atoms with E-state index in [0.29, 0.717) is 44.4 Å². The predicted molar refractivity (Wildman–Crippen MR) is 300 cm³/mol. The first-order valence-corrected chi connectivity index (χ1v) is 24.1. The third-order valence-corrected chi connectivity index (χ3v) is 11.8. The number of nitrogens with two attached hydrogens (primary N) is 2. The lowest BCUT2D eigenvalue weighted by atomic mass is 10.1. The van der Waals surface area contributed by atoms with Crippen molar-refractivity contribution in [2.45, 2.75) is 95.3 Å². The van der Waals surface area contributed by atoms with Crippen LogP contribution in [0.15, 0.2) is 68.3 Å². The van der Waals surface area contributed by atoms with E-state index in [4.69, 9.17) is 59.5 Å². The Morgan fingerprint density at radius 1 is 0.630 bits per heavy atom. The number of nitrogens with one attached hydrogen (secondary N) is 1. The maximum atomic E-state index is 12.5. The van der Waals surface area contributed by atoms with Crippen molar-refractivity contribution in [2.24, 2.45) is 0 Å². The number of anilines is 3. The molecule has 0 bridgehead atoms. The summed E-state index contributed by atoms with van der Waals surface area (Å²) in [4.78, 5) is 49.2. The third kappa shape index (κ3) is 15.5. The SMILES string of the molecule is C.C.C#CCBr.C#CCO[C@H]1C(O)[C@@H](CO)O[C@H]1n1cnc2c(N)ncnc21.C#CCO[C@H]1C(O)[C@@H](CO)O[C@H]1n1cnc2c(NC(=O)c3ccccc3)ncnc21.N.Nc1ncnc2c1ncn2[C@@H]1O[C@H](CO)C(O)[C@@H]1O.O.[B]C. The van der Waals surface area contributed by atoms with Crippen LogP contribution < -0.4 is 22.9 Å². The molecule has 1 aromatic carbocycles. The minimum atomic E-state index is -1.19. The number of halogens is 1. The molecule has 3 saturated heterocycles. The molecule has 2 radical (unpaired) electrons. The van der Waals surface area contributed by atoms with Crippen molar-refractivity contribution in [3.63, 3.8) is 0 Å². The molecule has 3 aliphatic heterocycles. The number of benzene rings is 1. The maximum Gasteiger partial charge on any atom is 0.256 e.